The smallest absolute Gasteiger partial charge is 0.169 e. The van der Waals surface area contributed by atoms with Crippen molar-refractivity contribution < 1.29 is 31.0 Å². The zero-order chi connectivity index (χ0) is 19.8. The van der Waals surface area contributed by atoms with Crippen molar-refractivity contribution >= 4 is 34.8 Å². The van der Waals surface area contributed by atoms with E-state index in [9.17, 15) is 0 Å². The average Bonchev–Trinajstić information content (AvgIpc) is 2.66. The Morgan fingerprint density at radius 3 is 1.93 bits per heavy atom. The summed E-state index contributed by atoms with van der Waals surface area (Å²) in [6.45, 7) is 5.29. The lowest BCUT2D eigenvalue weighted by Gasteiger charge is -2.11. The number of benzene rings is 2. The van der Waals surface area contributed by atoms with Gasteiger partial charge in [-0.15, -0.1) is 0 Å². The molecule has 0 saturated heterocycles. The Morgan fingerprint density at radius 2 is 1.39 bits per heavy atom. The third-order valence-corrected chi connectivity index (χ3v) is 4.43. The summed E-state index contributed by atoms with van der Waals surface area (Å²) < 4.78 is 13.0. The van der Waals surface area contributed by atoms with Crippen molar-refractivity contribution in [1.82, 2.24) is 0 Å². The van der Waals surface area contributed by atoms with Crippen LogP contribution in [0, 0.1) is 6.92 Å². The molecule has 0 radical (unpaired) electrons. The highest BCUT2D eigenvalue weighted by Crippen LogP contribution is 2.37. The van der Waals surface area contributed by atoms with Crippen molar-refractivity contribution in [3.8, 4) is 17.2 Å². The van der Waals surface area contributed by atoms with Gasteiger partial charge in [-0.2, -0.15) is 0 Å². The Hall–Kier alpha value is -1.46. The number of aromatic nitrogens is 1. The van der Waals surface area contributed by atoms with Gasteiger partial charge in [-0.05, 0) is 49.7 Å². The lowest BCUT2D eigenvalue weighted by molar-refractivity contribution is -0.693. The highest BCUT2D eigenvalue weighted by molar-refractivity contribution is 6.35. The van der Waals surface area contributed by atoms with Crippen molar-refractivity contribution in [2.45, 2.75) is 20.4 Å². The zero-order valence-corrected chi connectivity index (χ0v) is 19.6. The van der Waals surface area contributed by atoms with E-state index in [1.165, 1.54) is 5.56 Å². The van der Waals surface area contributed by atoms with Crippen molar-refractivity contribution in [2.75, 3.05) is 7.11 Å². The molecule has 0 bridgehead atoms. The predicted molar refractivity (Wildman–Crippen MR) is 112 cm³/mol. The first-order valence-corrected chi connectivity index (χ1v) is 9.48. The summed E-state index contributed by atoms with van der Waals surface area (Å²) in [5.41, 5.74) is 1.32. The molecule has 0 aliphatic heterocycles. The van der Waals surface area contributed by atoms with E-state index in [1.54, 1.807) is 43.5 Å². The average molecular weight is 506 g/mol. The molecule has 7 heteroatoms. The fourth-order valence-corrected chi connectivity index (χ4v) is 2.75. The van der Waals surface area contributed by atoms with Crippen LogP contribution in [0.3, 0.4) is 0 Å². The first kappa shape index (κ1) is 24.6. The van der Waals surface area contributed by atoms with Gasteiger partial charge in [-0.25, -0.2) is 4.57 Å². The lowest BCUT2D eigenvalue weighted by Crippen LogP contribution is -3.00. The van der Waals surface area contributed by atoms with Crippen molar-refractivity contribution in [3.63, 3.8) is 0 Å². The van der Waals surface area contributed by atoms with Gasteiger partial charge in [0.2, 0.25) is 0 Å². The molecule has 3 nitrogen and oxygen atoms in total. The van der Waals surface area contributed by atoms with Gasteiger partial charge in [0.15, 0.2) is 23.9 Å². The topological polar surface area (TPSA) is 22.3 Å². The fourth-order valence-electron chi connectivity index (χ4n) is 2.14. The fraction of sp³-hybridized carbons (Fsp3) is 0.190. The van der Waals surface area contributed by atoms with Crippen LogP contribution in [0.15, 0.2) is 60.9 Å². The number of ether oxygens (including phenoxy) is 2. The van der Waals surface area contributed by atoms with E-state index in [-0.39, 0.29) is 17.0 Å². The van der Waals surface area contributed by atoms with E-state index >= 15 is 0 Å². The molecule has 0 saturated carbocycles. The van der Waals surface area contributed by atoms with Gasteiger partial charge >= 0.3 is 0 Å². The molecule has 1 heterocycles. The van der Waals surface area contributed by atoms with E-state index in [4.69, 9.17) is 44.3 Å². The minimum Gasteiger partial charge on any atom is -1.00 e. The second-order valence-electron chi connectivity index (χ2n) is 5.68. The normalized spacial score (nSPS) is 9.64. The quantitative estimate of drug-likeness (QED) is 0.504. The summed E-state index contributed by atoms with van der Waals surface area (Å²) >= 11 is 17.7. The Kier molecular flexibility index (Phi) is 10.7. The molecule has 2 aromatic carbocycles. The molecular weight excluding hydrogens is 484 g/mol. The summed E-state index contributed by atoms with van der Waals surface area (Å²) in [7, 11) is 1.54. The molecule has 3 aromatic rings. The molecule has 150 valence electrons. The molecule has 1 aromatic heterocycles. The van der Waals surface area contributed by atoms with Gasteiger partial charge in [0.05, 0.1) is 12.1 Å². The van der Waals surface area contributed by atoms with Crippen LogP contribution >= 0.6 is 34.8 Å². The Morgan fingerprint density at radius 1 is 0.821 bits per heavy atom. The number of nitrogens with zero attached hydrogens (tertiary/aromatic N) is 1. The molecule has 0 amide bonds. The molecule has 28 heavy (non-hydrogen) atoms. The minimum absolute atomic E-state index is 0. The van der Waals surface area contributed by atoms with Crippen LogP contribution in [-0.4, -0.2) is 7.11 Å². The third-order valence-electron chi connectivity index (χ3n) is 3.66. The molecule has 0 aliphatic carbocycles. The number of methoxy groups -OCH3 is 1. The minimum atomic E-state index is 0. The first-order chi connectivity index (χ1) is 12.9. The summed E-state index contributed by atoms with van der Waals surface area (Å²) in [5, 5.41) is 1.55. The third kappa shape index (κ3) is 7.51. The summed E-state index contributed by atoms with van der Waals surface area (Å²) in [5.74, 6) is 1.57. The Bertz CT molecular complexity index is 889. The van der Waals surface area contributed by atoms with Crippen molar-refractivity contribution in [1.29, 1.82) is 0 Å². The maximum atomic E-state index is 6.03. The molecule has 0 fully saturated rings. The predicted octanol–water partition coefficient (Wildman–Crippen LogP) is 3.75. The van der Waals surface area contributed by atoms with Crippen LogP contribution in [0.25, 0.3) is 0 Å². The standard InChI is InChI=1S/C13H9Cl3O2.C8H12N.BrH/c1-17-13-7-9(15)3-5-12(13)18-11-4-2-8(14)6-10(11)16;1-3-9-6-4-8(2)5-7-9;/h2-7H,1H3;4-7H,3H2,1-2H3;1H/q;+1;/p-1. The number of halogens is 4. The highest BCUT2D eigenvalue weighted by atomic mass is 79.9. The van der Waals surface area contributed by atoms with Crippen LogP contribution in [-0.2, 0) is 6.54 Å². The Labute approximate surface area is 191 Å². The molecule has 0 N–H and O–H groups in total. The molecule has 0 spiro atoms. The van der Waals surface area contributed by atoms with Crippen LogP contribution in [0.2, 0.25) is 15.1 Å². The van der Waals surface area contributed by atoms with Gasteiger partial charge < -0.3 is 26.5 Å². The number of rotatable bonds is 4. The van der Waals surface area contributed by atoms with E-state index in [2.05, 4.69) is 42.9 Å². The van der Waals surface area contributed by atoms with Crippen LogP contribution in [0.4, 0.5) is 0 Å². The highest BCUT2D eigenvalue weighted by Gasteiger charge is 2.09. The van der Waals surface area contributed by atoms with Gasteiger partial charge in [0.1, 0.15) is 12.3 Å². The van der Waals surface area contributed by atoms with Gasteiger partial charge in [-0.1, -0.05) is 34.8 Å². The van der Waals surface area contributed by atoms with E-state index in [1.807, 2.05) is 0 Å². The maximum absolute atomic E-state index is 6.03. The number of hydrogen-bond acceptors (Lipinski definition) is 2. The van der Waals surface area contributed by atoms with Gasteiger partial charge in [0, 0.05) is 28.2 Å². The molecular formula is C21H21BrCl3NO2. The van der Waals surface area contributed by atoms with Crippen molar-refractivity contribution in [2.24, 2.45) is 0 Å². The monoisotopic (exact) mass is 503 g/mol. The second-order valence-corrected chi connectivity index (χ2v) is 6.96. The molecule has 0 unspecified atom stereocenters. The first-order valence-electron chi connectivity index (χ1n) is 8.35. The van der Waals surface area contributed by atoms with Crippen LogP contribution in [0.5, 0.6) is 17.2 Å². The van der Waals surface area contributed by atoms with E-state index < -0.39 is 0 Å². The molecule has 0 atom stereocenters. The summed E-state index contributed by atoms with van der Waals surface area (Å²) in [6.07, 6.45) is 4.19. The molecule has 3 rings (SSSR count). The second kappa shape index (κ2) is 12.2. The molecule has 0 aliphatic rings. The van der Waals surface area contributed by atoms with Crippen LogP contribution in [0.1, 0.15) is 12.5 Å². The number of hydrogen-bond donors (Lipinski definition) is 0. The zero-order valence-electron chi connectivity index (χ0n) is 15.8. The van der Waals surface area contributed by atoms with Crippen molar-refractivity contribution in [3.05, 3.63) is 81.6 Å². The van der Waals surface area contributed by atoms with E-state index in [0.717, 1.165) is 6.54 Å². The van der Waals surface area contributed by atoms with Crippen LogP contribution < -0.4 is 31.0 Å². The Balaban J connectivity index is 0.000000332. The van der Waals surface area contributed by atoms with E-state index in [0.29, 0.717) is 32.3 Å². The number of aryl methyl sites for hydroxylation is 2. The maximum Gasteiger partial charge on any atom is 0.169 e. The lowest BCUT2D eigenvalue weighted by atomic mass is 10.3. The largest absolute Gasteiger partial charge is 1.00 e. The SMILES string of the molecule is CC[n+]1ccc(C)cc1.COc1cc(Cl)ccc1Oc1ccc(Cl)cc1Cl.[Br-]. The van der Waals surface area contributed by atoms with Gasteiger partial charge in [-0.3, -0.25) is 0 Å². The summed E-state index contributed by atoms with van der Waals surface area (Å²) in [6, 6.07) is 14.3. The number of pyridine rings is 1. The summed E-state index contributed by atoms with van der Waals surface area (Å²) in [4.78, 5) is 0. The van der Waals surface area contributed by atoms with Gasteiger partial charge in [0.25, 0.3) is 0 Å².